The summed E-state index contributed by atoms with van der Waals surface area (Å²) in [7, 11) is -4.35. The predicted octanol–water partition coefficient (Wildman–Crippen LogP) is 1.45. The normalized spacial score (nSPS) is 24.5. The van der Waals surface area contributed by atoms with Crippen LogP contribution in [0, 0.1) is 0 Å². The van der Waals surface area contributed by atoms with Crippen LogP contribution in [0.2, 0.25) is 0 Å². The van der Waals surface area contributed by atoms with Crippen LogP contribution in [0.25, 0.3) is 16.4 Å². The smallest absolute Gasteiger partial charge is 0.459 e. The lowest BCUT2D eigenvalue weighted by molar-refractivity contribution is -0.144. The van der Waals surface area contributed by atoms with Crippen LogP contribution in [0.1, 0.15) is 32.6 Å². The lowest BCUT2D eigenvalue weighted by atomic mass is 9.91. The molecule has 2 aromatic carbocycles. The van der Waals surface area contributed by atoms with E-state index in [9.17, 15) is 24.4 Å². The Labute approximate surface area is 239 Å². The highest BCUT2D eigenvalue weighted by Gasteiger charge is 2.54. The molecular weight excluding hydrogens is 571 g/mol. The topological polar surface area (TPSA) is 213 Å². The molecule has 1 aliphatic rings. The number of nitrogens with two attached hydrogens (primary N) is 1. The van der Waals surface area contributed by atoms with Gasteiger partial charge in [-0.1, -0.05) is 36.4 Å². The van der Waals surface area contributed by atoms with Crippen LogP contribution in [0.3, 0.4) is 0 Å². The minimum atomic E-state index is -4.35. The fraction of sp³-hybridized carbons (Fsp3) is 0.385. The van der Waals surface area contributed by atoms with Gasteiger partial charge in [-0.25, -0.2) is 14.1 Å². The molecule has 3 heterocycles. The number of anilines is 1. The zero-order valence-electron chi connectivity index (χ0n) is 23.0. The SMILES string of the molecule is CCOC(=O)[C@H](C)NP(=O)(OC[C@H]1O[C@@H](c2cnc3c(=O)[nH]c(N)nn23)[C@](C)(O)[C@@H]1O)Oc1cccc2ccccc12. The van der Waals surface area contributed by atoms with E-state index in [2.05, 4.69) is 20.2 Å². The van der Waals surface area contributed by atoms with E-state index in [0.29, 0.717) is 5.39 Å². The Morgan fingerprint density at radius 2 is 2.05 bits per heavy atom. The number of carbonyl (C=O) groups is 1. The van der Waals surface area contributed by atoms with Crippen molar-refractivity contribution in [2.45, 2.75) is 50.7 Å². The van der Waals surface area contributed by atoms with E-state index in [0.717, 1.165) is 9.90 Å². The van der Waals surface area contributed by atoms with Crippen molar-refractivity contribution >= 4 is 36.1 Å². The number of aromatic amines is 1. The number of esters is 1. The second kappa shape index (κ2) is 11.4. The lowest BCUT2D eigenvalue weighted by Gasteiger charge is -2.26. The van der Waals surface area contributed by atoms with Crippen molar-refractivity contribution in [1.29, 1.82) is 0 Å². The molecule has 224 valence electrons. The van der Waals surface area contributed by atoms with Crippen LogP contribution in [0.5, 0.6) is 5.75 Å². The number of hydrogen-bond acceptors (Lipinski definition) is 12. The molecule has 5 rings (SSSR count). The van der Waals surface area contributed by atoms with Crippen molar-refractivity contribution in [3.63, 3.8) is 0 Å². The minimum Gasteiger partial charge on any atom is -0.465 e. The van der Waals surface area contributed by atoms with Gasteiger partial charge in [-0.05, 0) is 32.2 Å². The molecule has 4 aromatic rings. The van der Waals surface area contributed by atoms with Crippen LogP contribution >= 0.6 is 7.75 Å². The molecule has 0 spiro atoms. The third-order valence-electron chi connectivity index (χ3n) is 6.85. The third kappa shape index (κ3) is 5.62. The number of nitrogens with zero attached hydrogens (tertiary/aromatic N) is 3. The van der Waals surface area contributed by atoms with E-state index in [1.54, 1.807) is 31.2 Å². The number of aliphatic hydroxyl groups is 2. The Hall–Kier alpha value is -3.85. The summed E-state index contributed by atoms with van der Waals surface area (Å²) in [6.07, 6.45) is -2.77. The highest BCUT2D eigenvalue weighted by atomic mass is 31.2. The van der Waals surface area contributed by atoms with Gasteiger partial charge < -0.3 is 29.9 Å². The monoisotopic (exact) mass is 602 g/mol. The molecular formula is C26H31N6O9P. The molecule has 0 radical (unpaired) electrons. The molecule has 15 nitrogen and oxygen atoms in total. The second-order valence-electron chi connectivity index (χ2n) is 9.95. The van der Waals surface area contributed by atoms with Crippen LogP contribution in [0.4, 0.5) is 5.95 Å². The van der Waals surface area contributed by atoms with Gasteiger partial charge in [0.05, 0.1) is 25.1 Å². The number of aromatic nitrogens is 4. The average Bonchev–Trinajstić information content (AvgIpc) is 3.45. The van der Waals surface area contributed by atoms with Gasteiger partial charge >= 0.3 is 13.7 Å². The Kier molecular flexibility index (Phi) is 8.07. The van der Waals surface area contributed by atoms with Crippen molar-refractivity contribution in [2.75, 3.05) is 18.9 Å². The molecule has 0 aliphatic carbocycles. The fourth-order valence-corrected chi connectivity index (χ4v) is 6.27. The summed E-state index contributed by atoms with van der Waals surface area (Å²) in [6, 6.07) is 11.3. The molecule has 0 amide bonds. The Morgan fingerprint density at radius 1 is 1.31 bits per heavy atom. The number of ether oxygens (including phenoxy) is 2. The number of imidazole rings is 1. The summed E-state index contributed by atoms with van der Waals surface area (Å²) in [5, 5.41) is 30.3. The van der Waals surface area contributed by atoms with Gasteiger partial charge in [0.25, 0.3) is 5.56 Å². The van der Waals surface area contributed by atoms with Crippen molar-refractivity contribution < 1.29 is 38.1 Å². The van der Waals surface area contributed by atoms with Gasteiger partial charge in [-0.15, -0.1) is 5.10 Å². The molecule has 1 unspecified atom stereocenters. The Balaban J connectivity index is 1.42. The fourth-order valence-electron chi connectivity index (χ4n) is 4.74. The zero-order chi connectivity index (χ0) is 30.2. The molecule has 1 saturated heterocycles. The second-order valence-corrected chi connectivity index (χ2v) is 11.6. The number of fused-ring (bicyclic) bond motifs is 2. The summed E-state index contributed by atoms with van der Waals surface area (Å²) in [5.41, 5.74) is 3.18. The predicted molar refractivity (Wildman–Crippen MR) is 150 cm³/mol. The third-order valence-corrected chi connectivity index (χ3v) is 8.48. The summed E-state index contributed by atoms with van der Waals surface area (Å²) >= 11 is 0. The first-order chi connectivity index (χ1) is 19.9. The van der Waals surface area contributed by atoms with Crippen LogP contribution < -0.4 is 20.9 Å². The summed E-state index contributed by atoms with van der Waals surface area (Å²) in [4.78, 5) is 30.9. The maximum atomic E-state index is 14.1. The van der Waals surface area contributed by atoms with Crippen LogP contribution in [0.15, 0.2) is 53.5 Å². The van der Waals surface area contributed by atoms with Crippen LogP contribution in [-0.2, 0) is 23.4 Å². The van der Waals surface area contributed by atoms with E-state index >= 15 is 0 Å². The quantitative estimate of drug-likeness (QED) is 0.129. The number of H-pyrrole nitrogens is 1. The first-order valence-corrected chi connectivity index (χ1v) is 14.6. The number of aliphatic hydroxyl groups excluding tert-OH is 1. The van der Waals surface area contributed by atoms with E-state index in [-0.39, 0.29) is 29.6 Å². The van der Waals surface area contributed by atoms with Gasteiger partial charge in [0.1, 0.15) is 35.7 Å². The van der Waals surface area contributed by atoms with Gasteiger partial charge in [0, 0.05) is 5.39 Å². The molecule has 0 bridgehead atoms. The first-order valence-electron chi connectivity index (χ1n) is 13.1. The molecule has 1 fully saturated rings. The minimum absolute atomic E-state index is 0.0991. The van der Waals surface area contributed by atoms with Gasteiger partial charge in [0.15, 0.2) is 0 Å². The Morgan fingerprint density at radius 3 is 2.81 bits per heavy atom. The molecule has 42 heavy (non-hydrogen) atoms. The maximum absolute atomic E-state index is 14.1. The molecule has 6 atom stereocenters. The molecule has 2 aromatic heterocycles. The highest BCUT2D eigenvalue weighted by Crippen LogP contribution is 2.49. The van der Waals surface area contributed by atoms with Crippen molar-refractivity contribution in [2.24, 2.45) is 0 Å². The number of hydrogen-bond donors (Lipinski definition) is 5. The lowest BCUT2D eigenvalue weighted by Crippen LogP contribution is -2.43. The standard InChI is InChI=1S/C26H31N6O9P/c1-4-38-24(35)14(2)31-42(37,41-18-11-7-9-15-8-5-6-10-16(15)18)39-13-19-20(33)26(3,36)21(40-19)17-12-28-22-23(34)29-25(27)30-32(17)22/h5-12,14,19-21,33,36H,4,13H2,1-3H3,(H,31,37)(H3,27,29,30,34)/t14-,19+,20+,21-,26+,42?/m0/s1. The number of rotatable bonds is 10. The molecule has 16 heteroatoms. The van der Waals surface area contributed by atoms with E-state index in [1.807, 2.05) is 18.2 Å². The molecule has 1 aliphatic heterocycles. The van der Waals surface area contributed by atoms with Gasteiger partial charge in [0.2, 0.25) is 11.6 Å². The van der Waals surface area contributed by atoms with Crippen molar-refractivity contribution in [3.05, 3.63) is 64.7 Å². The summed E-state index contributed by atoms with van der Waals surface area (Å²) < 4.78 is 37.8. The zero-order valence-corrected chi connectivity index (χ0v) is 23.9. The highest BCUT2D eigenvalue weighted by molar-refractivity contribution is 7.52. The van der Waals surface area contributed by atoms with E-state index in [4.69, 9.17) is 24.3 Å². The number of nitrogens with one attached hydrogen (secondary N) is 2. The van der Waals surface area contributed by atoms with Crippen molar-refractivity contribution in [1.82, 2.24) is 24.7 Å². The number of nitrogen functional groups attached to an aromatic ring is 1. The van der Waals surface area contributed by atoms with E-state index in [1.165, 1.54) is 20.0 Å². The number of benzene rings is 2. The number of carbonyl (C=O) groups excluding carboxylic acids is 1. The van der Waals surface area contributed by atoms with Crippen molar-refractivity contribution in [3.8, 4) is 5.75 Å². The average molecular weight is 603 g/mol. The van der Waals surface area contributed by atoms with Crippen LogP contribution in [-0.4, -0.2) is 72.8 Å². The maximum Gasteiger partial charge on any atom is 0.459 e. The van der Waals surface area contributed by atoms with Gasteiger partial charge in [-0.2, -0.15) is 5.09 Å². The largest absolute Gasteiger partial charge is 0.465 e. The van der Waals surface area contributed by atoms with E-state index < -0.39 is 55.8 Å². The van der Waals surface area contributed by atoms with Gasteiger partial charge in [-0.3, -0.25) is 19.1 Å². The molecule has 0 saturated carbocycles. The molecule has 6 N–H and O–H groups in total. The summed E-state index contributed by atoms with van der Waals surface area (Å²) in [5.74, 6) is -0.659. The first kappa shape index (κ1) is 29.6. The summed E-state index contributed by atoms with van der Waals surface area (Å²) in [6.45, 7) is 3.97. The Bertz CT molecular complexity index is 1720.